The maximum absolute atomic E-state index is 13.9. The Balaban J connectivity index is 2.26. The first-order valence-corrected chi connectivity index (χ1v) is 6.44. The molecule has 0 aliphatic heterocycles. The summed E-state index contributed by atoms with van der Waals surface area (Å²) in [6.45, 7) is 0. The second-order valence-corrected chi connectivity index (χ2v) is 4.90. The highest BCUT2D eigenvalue weighted by atomic mass is 19.2. The van der Waals surface area contributed by atoms with Crippen molar-refractivity contribution in [2.24, 2.45) is 0 Å². The van der Waals surface area contributed by atoms with Gasteiger partial charge in [-0.05, 0) is 33.0 Å². The van der Waals surface area contributed by atoms with Gasteiger partial charge in [-0.15, -0.1) is 0 Å². The second-order valence-electron chi connectivity index (χ2n) is 4.90. The predicted octanol–water partition coefficient (Wildman–Crippen LogP) is 5.42. The molecule has 0 bridgehead atoms. The first-order valence-electron chi connectivity index (χ1n) is 6.44. The van der Waals surface area contributed by atoms with E-state index in [1.165, 1.54) is 6.07 Å². The molecule has 4 rings (SSSR count). The van der Waals surface area contributed by atoms with E-state index in [4.69, 9.17) is 0 Å². The highest BCUT2D eigenvalue weighted by molar-refractivity contribution is 6.17. The lowest BCUT2D eigenvalue weighted by molar-refractivity contribution is 0.517. The molecule has 0 N–H and O–H groups in total. The molecule has 0 aliphatic carbocycles. The quantitative estimate of drug-likeness (QED) is 0.372. The van der Waals surface area contributed by atoms with Crippen molar-refractivity contribution in [2.45, 2.75) is 0 Å². The van der Waals surface area contributed by atoms with Crippen molar-refractivity contribution in [1.82, 2.24) is 0 Å². The molecule has 4 aromatic carbocycles. The summed E-state index contributed by atoms with van der Waals surface area (Å²) in [4.78, 5) is 0. The highest BCUT2D eigenvalue weighted by Gasteiger charge is 2.10. The minimum Gasteiger partial charge on any atom is -0.204 e. The van der Waals surface area contributed by atoms with Gasteiger partial charge in [0.2, 0.25) is 0 Å². The average Bonchev–Trinajstić information content (AvgIpc) is 2.50. The highest BCUT2D eigenvalue weighted by Crippen LogP contribution is 2.32. The van der Waals surface area contributed by atoms with Crippen LogP contribution in [0.15, 0.2) is 60.7 Å². The summed E-state index contributed by atoms with van der Waals surface area (Å²) in [5, 5.41) is 5.33. The third kappa shape index (κ3) is 1.45. The molecule has 0 aromatic heterocycles. The van der Waals surface area contributed by atoms with E-state index in [-0.39, 0.29) is 0 Å². The van der Waals surface area contributed by atoms with Crippen molar-refractivity contribution >= 4 is 32.3 Å². The Kier molecular flexibility index (Phi) is 2.27. The molecule has 0 saturated carbocycles. The molecule has 0 atom stereocenters. The molecule has 0 unspecified atom stereocenters. The van der Waals surface area contributed by atoms with E-state index in [0.717, 1.165) is 26.9 Å². The largest absolute Gasteiger partial charge is 0.204 e. The van der Waals surface area contributed by atoms with Crippen molar-refractivity contribution < 1.29 is 8.78 Å². The summed E-state index contributed by atoms with van der Waals surface area (Å²) in [6.07, 6.45) is 0. The molecule has 4 aromatic rings. The molecule has 0 saturated heterocycles. The predicted molar refractivity (Wildman–Crippen MR) is 78.9 cm³/mol. The van der Waals surface area contributed by atoms with E-state index in [0.29, 0.717) is 5.39 Å². The van der Waals surface area contributed by atoms with Crippen molar-refractivity contribution in [2.75, 3.05) is 0 Å². The molecule has 0 fully saturated rings. The number of hydrogen-bond acceptors (Lipinski definition) is 0. The normalized spacial score (nSPS) is 11.5. The topological polar surface area (TPSA) is 0 Å². The summed E-state index contributed by atoms with van der Waals surface area (Å²) in [7, 11) is 0. The average molecular weight is 264 g/mol. The number of rotatable bonds is 0. The van der Waals surface area contributed by atoms with Crippen LogP contribution in [0.2, 0.25) is 0 Å². The van der Waals surface area contributed by atoms with Crippen molar-refractivity contribution in [3.8, 4) is 0 Å². The Morgan fingerprint density at radius 3 is 2.00 bits per heavy atom. The Labute approximate surface area is 114 Å². The minimum absolute atomic E-state index is 0.327. The SMILES string of the molecule is Fc1ccc2c(ccc3c4ccccc4ccc23)c1F. The first-order chi connectivity index (χ1) is 9.75. The lowest BCUT2D eigenvalue weighted by Crippen LogP contribution is -1.87. The van der Waals surface area contributed by atoms with Crippen LogP contribution in [0.4, 0.5) is 8.78 Å². The van der Waals surface area contributed by atoms with E-state index in [1.54, 1.807) is 12.1 Å². The van der Waals surface area contributed by atoms with Crippen LogP contribution in [-0.4, -0.2) is 0 Å². The molecular weight excluding hydrogens is 254 g/mol. The van der Waals surface area contributed by atoms with Gasteiger partial charge in [0.05, 0.1) is 0 Å². The smallest absolute Gasteiger partial charge is 0.166 e. The van der Waals surface area contributed by atoms with Crippen LogP contribution in [0.1, 0.15) is 0 Å². The number of fused-ring (bicyclic) bond motifs is 5. The Morgan fingerprint density at radius 1 is 0.500 bits per heavy atom. The van der Waals surface area contributed by atoms with Gasteiger partial charge in [0.25, 0.3) is 0 Å². The van der Waals surface area contributed by atoms with Crippen LogP contribution in [0.25, 0.3) is 32.3 Å². The summed E-state index contributed by atoms with van der Waals surface area (Å²) in [6, 6.07) is 18.4. The lowest BCUT2D eigenvalue weighted by Gasteiger charge is -2.08. The van der Waals surface area contributed by atoms with Crippen LogP contribution in [-0.2, 0) is 0 Å². The minimum atomic E-state index is -0.808. The van der Waals surface area contributed by atoms with Gasteiger partial charge in [0.1, 0.15) is 0 Å². The van der Waals surface area contributed by atoms with Gasteiger partial charge in [-0.2, -0.15) is 0 Å². The molecule has 0 aliphatic rings. The monoisotopic (exact) mass is 264 g/mol. The summed E-state index contributed by atoms with van der Waals surface area (Å²) in [5.74, 6) is -1.59. The fourth-order valence-corrected chi connectivity index (χ4v) is 2.84. The second kappa shape index (κ2) is 4.01. The number of benzene rings is 4. The Morgan fingerprint density at radius 2 is 1.10 bits per heavy atom. The fraction of sp³-hybridized carbons (Fsp3) is 0. The zero-order chi connectivity index (χ0) is 13.7. The maximum atomic E-state index is 13.9. The molecule has 2 heteroatoms. The van der Waals surface area contributed by atoms with Crippen molar-refractivity contribution in [3.63, 3.8) is 0 Å². The maximum Gasteiger partial charge on any atom is 0.166 e. The van der Waals surface area contributed by atoms with Gasteiger partial charge < -0.3 is 0 Å². The number of halogens is 2. The van der Waals surface area contributed by atoms with E-state index in [2.05, 4.69) is 0 Å². The van der Waals surface area contributed by atoms with Crippen LogP contribution in [0.3, 0.4) is 0 Å². The number of hydrogen-bond donors (Lipinski definition) is 0. The standard InChI is InChI=1S/C18H10F2/c19-17-10-9-15-14-6-5-11-3-1-2-4-12(11)13(14)7-8-16(15)18(17)20/h1-10H. The summed E-state index contributed by atoms with van der Waals surface area (Å²) >= 11 is 0. The van der Waals surface area contributed by atoms with Gasteiger partial charge in [0, 0.05) is 5.39 Å². The van der Waals surface area contributed by atoms with E-state index in [9.17, 15) is 8.78 Å². The first kappa shape index (κ1) is 11.4. The van der Waals surface area contributed by atoms with Gasteiger partial charge in [-0.25, -0.2) is 8.78 Å². The molecule has 0 amide bonds. The fourth-order valence-electron chi connectivity index (χ4n) is 2.84. The van der Waals surface area contributed by atoms with Crippen LogP contribution in [0, 0.1) is 11.6 Å². The lowest BCUT2D eigenvalue weighted by atomic mass is 9.97. The van der Waals surface area contributed by atoms with Gasteiger partial charge in [0.15, 0.2) is 11.6 Å². The summed E-state index contributed by atoms with van der Waals surface area (Å²) in [5.41, 5.74) is 0. The summed E-state index contributed by atoms with van der Waals surface area (Å²) < 4.78 is 27.2. The van der Waals surface area contributed by atoms with E-state index >= 15 is 0 Å². The van der Waals surface area contributed by atoms with Crippen LogP contribution >= 0.6 is 0 Å². The van der Waals surface area contributed by atoms with Gasteiger partial charge in [-0.3, -0.25) is 0 Å². The third-order valence-corrected chi connectivity index (χ3v) is 3.81. The molecule has 0 heterocycles. The zero-order valence-corrected chi connectivity index (χ0v) is 10.5. The zero-order valence-electron chi connectivity index (χ0n) is 10.5. The van der Waals surface area contributed by atoms with E-state index < -0.39 is 11.6 Å². The molecule has 20 heavy (non-hydrogen) atoms. The van der Waals surface area contributed by atoms with Crippen LogP contribution < -0.4 is 0 Å². The molecule has 0 spiro atoms. The molecular formula is C18H10F2. The Bertz CT molecular complexity index is 971. The molecule has 0 radical (unpaired) electrons. The van der Waals surface area contributed by atoms with Gasteiger partial charge >= 0.3 is 0 Å². The Hall–Kier alpha value is -2.48. The van der Waals surface area contributed by atoms with Crippen LogP contribution in [0.5, 0.6) is 0 Å². The van der Waals surface area contributed by atoms with Gasteiger partial charge in [-0.1, -0.05) is 54.6 Å². The molecule has 0 nitrogen and oxygen atoms in total. The molecule has 96 valence electrons. The van der Waals surface area contributed by atoms with Crippen molar-refractivity contribution in [3.05, 3.63) is 72.3 Å². The van der Waals surface area contributed by atoms with E-state index in [1.807, 2.05) is 42.5 Å². The third-order valence-electron chi connectivity index (χ3n) is 3.81. The van der Waals surface area contributed by atoms with Crippen molar-refractivity contribution in [1.29, 1.82) is 0 Å².